The molecule has 1 aromatic rings. The van der Waals surface area contributed by atoms with Gasteiger partial charge in [0.2, 0.25) is 0 Å². The van der Waals surface area contributed by atoms with Crippen LogP contribution in [-0.4, -0.2) is 33.8 Å². The molecule has 0 fully saturated rings. The van der Waals surface area contributed by atoms with E-state index in [1.807, 2.05) is 0 Å². The van der Waals surface area contributed by atoms with Crippen molar-refractivity contribution in [2.45, 2.75) is 40.2 Å². The SMILES string of the molecule is CCC(NC(=O)c1[nH]c(C)c(C(C)=O)c1C)C(=O)O. The van der Waals surface area contributed by atoms with Gasteiger partial charge >= 0.3 is 5.97 Å². The normalized spacial score (nSPS) is 12.0. The van der Waals surface area contributed by atoms with Crippen molar-refractivity contribution in [2.75, 3.05) is 0 Å². The van der Waals surface area contributed by atoms with Crippen LogP contribution in [0.4, 0.5) is 0 Å². The lowest BCUT2D eigenvalue weighted by Gasteiger charge is -2.11. The Bertz CT molecular complexity index is 531. The van der Waals surface area contributed by atoms with Gasteiger partial charge in [-0.1, -0.05) is 6.92 Å². The Morgan fingerprint density at radius 3 is 2.26 bits per heavy atom. The molecule has 104 valence electrons. The summed E-state index contributed by atoms with van der Waals surface area (Å²) in [5.41, 5.74) is 1.87. The molecule has 1 atom stereocenters. The second-order valence-electron chi connectivity index (χ2n) is 4.45. The standard InChI is InChI=1S/C13H18N2O4/c1-5-9(13(18)19)15-12(17)11-6(2)10(8(4)16)7(3)14-11/h9,14H,5H2,1-4H3,(H,15,17)(H,18,19). The lowest BCUT2D eigenvalue weighted by molar-refractivity contribution is -0.139. The van der Waals surface area contributed by atoms with Crippen LogP contribution in [0.25, 0.3) is 0 Å². The number of carboxylic acid groups (broad SMARTS) is 1. The topological polar surface area (TPSA) is 99.3 Å². The minimum absolute atomic E-state index is 0.129. The van der Waals surface area contributed by atoms with Gasteiger partial charge in [0, 0.05) is 11.3 Å². The van der Waals surface area contributed by atoms with Gasteiger partial charge in [0.1, 0.15) is 11.7 Å². The highest BCUT2D eigenvalue weighted by Crippen LogP contribution is 2.18. The summed E-state index contributed by atoms with van der Waals surface area (Å²) in [4.78, 5) is 37.2. The summed E-state index contributed by atoms with van der Waals surface area (Å²) in [7, 11) is 0. The molecule has 6 nitrogen and oxygen atoms in total. The summed E-state index contributed by atoms with van der Waals surface area (Å²) in [6.45, 7) is 6.47. The predicted molar refractivity (Wildman–Crippen MR) is 69.5 cm³/mol. The number of H-pyrrole nitrogens is 1. The molecule has 1 rings (SSSR count). The summed E-state index contributed by atoms with van der Waals surface area (Å²) in [5.74, 6) is -1.72. The third kappa shape index (κ3) is 3.01. The summed E-state index contributed by atoms with van der Waals surface area (Å²) in [6, 6.07) is -0.934. The number of carbonyl (C=O) groups excluding carboxylic acids is 2. The highest BCUT2D eigenvalue weighted by atomic mass is 16.4. The number of nitrogens with one attached hydrogen (secondary N) is 2. The van der Waals surface area contributed by atoms with Crippen LogP contribution in [-0.2, 0) is 4.79 Å². The zero-order chi connectivity index (χ0) is 14.7. The highest BCUT2D eigenvalue weighted by Gasteiger charge is 2.23. The quantitative estimate of drug-likeness (QED) is 0.702. The number of aryl methyl sites for hydroxylation is 1. The third-order valence-corrected chi connectivity index (χ3v) is 3.03. The van der Waals surface area contributed by atoms with E-state index in [9.17, 15) is 14.4 Å². The van der Waals surface area contributed by atoms with Crippen LogP contribution >= 0.6 is 0 Å². The van der Waals surface area contributed by atoms with Gasteiger partial charge < -0.3 is 15.4 Å². The van der Waals surface area contributed by atoms with E-state index in [0.717, 1.165) is 0 Å². The number of carbonyl (C=O) groups is 3. The molecule has 0 saturated heterocycles. The van der Waals surface area contributed by atoms with E-state index in [2.05, 4.69) is 10.3 Å². The molecule has 0 aliphatic rings. The van der Waals surface area contributed by atoms with Crippen molar-refractivity contribution < 1.29 is 19.5 Å². The second kappa shape index (κ2) is 5.69. The predicted octanol–water partition coefficient (Wildman–Crippen LogP) is 1.43. The van der Waals surface area contributed by atoms with Crippen molar-refractivity contribution >= 4 is 17.7 Å². The van der Waals surface area contributed by atoms with Gasteiger partial charge in [-0.2, -0.15) is 0 Å². The fraction of sp³-hybridized carbons (Fsp3) is 0.462. The Morgan fingerprint density at radius 2 is 1.89 bits per heavy atom. The molecule has 0 aliphatic carbocycles. The lowest BCUT2D eigenvalue weighted by atomic mass is 10.1. The van der Waals surface area contributed by atoms with Crippen molar-refractivity contribution in [3.05, 3.63) is 22.5 Å². The number of Topliss-reactive ketones (excluding diaryl/α,β-unsaturated/α-hetero) is 1. The van der Waals surface area contributed by atoms with Gasteiger partial charge in [0.15, 0.2) is 5.78 Å². The first-order valence-corrected chi connectivity index (χ1v) is 6.03. The number of rotatable bonds is 5. The smallest absolute Gasteiger partial charge is 0.326 e. The van der Waals surface area contributed by atoms with Crippen LogP contribution in [0, 0.1) is 13.8 Å². The van der Waals surface area contributed by atoms with Crippen LogP contribution in [0.3, 0.4) is 0 Å². The van der Waals surface area contributed by atoms with Crippen LogP contribution in [0.2, 0.25) is 0 Å². The van der Waals surface area contributed by atoms with Crippen molar-refractivity contribution in [1.82, 2.24) is 10.3 Å². The first-order chi connectivity index (χ1) is 8.79. The molecule has 0 radical (unpaired) electrons. The second-order valence-corrected chi connectivity index (χ2v) is 4.45. The molecule has 1 heterocycles. The average Bonchev–Trinajstić information content (AvgIpc) is 2.60. The molecule has 0 saturated carbocycles. The Balaban J connectivity index is 3.05. The van der Waals surface area contributed by atoms with E-state index in [4.69, 9.17) is 5.11 Å². The number of aromatic amines is 1. The van der Waals surface area contributed by atoms with E-state index in [-0.39, 0.29) is 11.5 Å². The zero-order valence-electron chi connectivity index (χ0n) is 11.5. The maximum Gasteiger partial charge on any atom is 0.326 e. The Kier molecular flexibility index (Phi) is 4.47. The maximum atomic E-state index is 12.0. The summed E-state index contributed by atoms with van der Waals surface area (Å²) < 4.78 is 0. The zero-order valence-corrected chi connectivity index (χ0v) is 11.5. The molecule has 19 heavy (non-hydrogen) atoms. The molecular weight excluding hydrogens is 248 g/mol. The van der Waals surface area contributed by atoms with Crippen LogP contribution in [0.1, 0.15) is 52.4 Å². The van der Waals surface area contributed by atoms with Crippen LogP contribution in [0.5, 0.6) is 0 Å². The number of ketones is 1. The minimum atomic E-state index is -1.08. The number of hydrogen-bond donors (Lipinski definition) is 3. The van der Waals surface area contributed by atoms with Crippen molar-refractivity contribution in [3.8, 4) is 0 Å². The lowest BCUT2D eigenvalue weighted by Crippen LogP contribution is -2.40. The number of aromatic nitrogens is 1. The first-order valence-electron chi connectivity index (χ1n) is 6.03. The molecule has 0 aromatic carbocycles. The molecule has 1 amide bonds. The average molecular weight is 266 g/mol. The molecule has 3 N–H and O–H groups in total. The van der Waals surface area contributed by atoms with Crippen LogP contribution < -0.4 is 5.32 Å². The maximum absolute atomic E-state index is 12.0. The van der Waals surface area contributed by atoms with E-state index < -0.39 is 17.9 Å². The highest BCUT2D eigenvalue weighted by molar-refractivity contribution is 6.03. The van der Waals surface area contributed by atoms with Crippen molar-refractivity contribution in [1.29, 1.82) is 0 Å². The fourth-order valence-electron chi connectivity index (χ4n) is 2.07. The van der Waals surface area contributed by atoms with Gasteiger partial charge in [-0.25, -0.2) is 4.79 Å². The number of aliphatic carboxylic acids is 1. The summed E-state index contributed by atoms with van der Waals surface area (Å²) in [5, 5.41) is 11.3. The molecular formula is C13H18N2O4. The Hall–Kier alpha value is -2.11. The fourth-order valence-corrected chi connectivity index (χ4v) is 2.07. The monoisotopic (exact) mass is 266 g/mol. The minimum Gasteiger partial charge on any atom is -0.480 e. The van der Waals surface area contributed by atoms with Crippen LogP contribution in [0.15, 0.2) is 0 Å². The molecule has 1 unspecified atom stereocenters. The number of carboxylic acids is 1. The molecule has 6 heteroatoms. The van der Waals surface area contributed by atoms with Gasteiger partial charge in [-0.05, 0) is 32.8 Å². The van der Waals surface area contributed by atoms with E-state index in [0.29, 0.717) is 23.2 Å². The van der Waals surface area contributed by atoms with E-state index in [1.54, 1.807) is 20.8 Å². The molecule has 0 aliphatic heterocycles. The Labute approximate surface area is 111 Å². The number of hydrogen-bond acceptors (Lipinski definition) is 3. The molecule has 0 bridgehead atoms. The van der Waals surface area contributed by atoms with Gasteiger partial charge in [-0.15, -0.1) is 0 Å². The first kappa shape index (κ1) is 14.9. The molecule has 1 aromatic heterocycles. The number of amides is 1. The van der Waals surface area contributed by atoms with Gasteiger partial charge in [0.25, 0.3) is 5.91 Å². The van der Waals surface area contributed by atoms with Crippen molar-refractivity contribution in [3.63, 3.8) is 0 Å². The van der Waals surface area contributed by atoms with Gasteiger partial charge in [-0.3, -0.25) is 9.59 Å². The van der Waals surface area contributed by atoms with Crippen molar-refractivity contribution in [2.24, 2.45) is 0 Å². The van der Waals surface area contributed by atoms with E-state index >= 15 is 0 Å². The summed E-state index contributed by atoms with van der Waals surface area (Å²) >= 11 is 0. The summed E-state index contributed by atoms with van der Waals surface area (Å²) in [6.07, 6.45) is 0.291. The van der Waals surface area contributed by atoms with E-state index in [1.165, 1.54) is 6.92 Å². The van der Waals surface area contributed by atoms with Gasteiger partial charge in [0.05, 0.1) is 0 Å². The third-order valence-electron chi connectivity index (χ3n) is 3.03. The Morgan fingerprint density at radius 1 is 1.32 bits per heavy atom. The largest absolute Gasteiger partial charge is 0.480 e. The molecule has 0 spiro atoms.